The van der Waals surface area contributed by atoms with E-state index in [9.17, 15) is 0 Å². The molecule has 0 heterocycles. The van der Waals surface area contributed by atoms with Crippen molar-refractivity contribution in [1.82, 2.24) is 0 Å². The average molecular weight is 173 g/mol. The number of allylic oxidation sites excluding steroid dienone is 3. The summed E-state index contributed by atoms with van der Waals surface area (Å²) in [7, 11) is 0. The molecule has 1 aromatic carbocycles. The fourth-order valence-electron chi connectivity index (χ4n) is 1.01. The van der Waals surface area contributed by atoms with Crippen molar-refractivity contribution in [3.63, 3.8) is 0 Å². The minimum Gasteiger partial charge on any atom is -0.405 e. The second kappa shape index (κ2) is 5.20. The molecular weight excluding hydrogens is 158 g/mol. The highest BCUT2D eigenvalue weighted by molar-refractivity contribution is 5.44. The second-order valence-electron chi connectivity index (χ2n) is 2.86. The third kappa shape index (κ3) is 3.61. The van der Waals surface area contributed by atoms with Gasteiger partial charge in [0.05, 0.1) is 0 Å². The third-order valence-electron chi connectivity index (χ3n) is 1.79. The first-order valence-electron chi connectivity index (χ1n) is 4.45. The maximum atomic E-state index is 4.98. The molecule has 68 valence electrons. The van der Waals surface area contributed by atoms with Crippen LogP contribution in [0.3, 0.4) is 0 Å². The van der Waals surface area contributed by atoms with E-state index in [-0.39, 0.29) is 0 Å². The van der Waals surface area contributed by atoms with Gasteiger partial charge in [-0.25, -0.2) is 0 Å². The van der Waals surface area contributed by atoms with Gasteiger partial charge in [-0.05, 0) is 36.7 Å². The molecule has 0 amide bonds. The van der Waals surface area contributed by atoms with Crippen molar-refractivity contribution in [1.29, 1.82) is 0 Å². The SMILES string of the molecule is C/C=C\C=C/N.c1ccc2c(c1)C2. The van der Waals surface area contributed by atoms with Crippen molar-refractivity contribution in [2.45, 2.75) is 13.3 Å². The lowest BCUT2D eigenvalue weighted by molar-refractivity contribution is 1.59. The Morgan fingerprint density at radius 2 is 1.77 bits per heavy atom. The predicted octanol–water partition coefficient (Wildman–Crippen LogP) is 2.63. The molecule has 0 radical (unpaired) electrons. The van der Waals surface area contributed by atoms with Gasteiger partial charge < -0.3 is 5.73 Å². The van der Waals surface area contributed by atoms with Gasteiger partial charge in [-0.1, -0.05) is 36.4 Å². The van der Waals surface area contributed by atoms with Gasteiger partial charge in [-0.15, -0.1) is 0 Å². The van der Waals surface area contributed by atoms with Crippen LogP contribution in [-0.4, -0.2) is 0 Å². The van der Waals surface area contributed by atoms with Crippen LogP contribution in [0.1, 0.15) is 18.1 Å². The van der Waals surface area contributed by atoms with E-state index in [4.69, 9.17) is 5.73 Å². The Morgan fingerprint density at radius 3 is 2.08 bits per heavy atom. The Kier molecular flexibility index (Phi) is 3.83. The van der Waals surface area contributed by atoms with Crippen molar-refractivity contribution in [3.05, 3.63) is 59.8 Å². The van der Waals surface area contributed by atoms with Gasteiger partial charge in [-0.3, -0.25) is 0 Å². The first kappa shape index (κ1) is 9.59. The molecule has 0 aliphatic heterocycles. The summed E-state index contributed by atoms with van der Waals surface area (Å²) < 4.78 is 0. The maximum absolute atomic E-state index is 4.98. The van der Waals surface area contributed by atoms with Crippen LogP contribution in [0.4, 0.5) is 0 Å². The molecule has 13 heavy (non-hydrogen) atoms. The molecule has 0 bridgehead atoms. The molecule has 1 aliphatic rings. The summed E-state index contributed by atoms with van der Waals surface area (Å²) in [6.45, 7) is 1.94. The molecule has 0 atom stereocenters. The monoisotopic (exact) mass is 173 g/mol. The number of fused-ring (bicyclic) bond motifs is 1. The van der Waals surface area contributed by atoms with Gasteiger partial charge >= 0.3 is 0 Å². The van der Waals surface area contributed by atoms with Gasteiger partial charge in [-0.2, -0.15) is 0 Å². The lowest BCUT2D eigenvalue weighted by Crippen LogP contribution is -1.71. The normalized spacial score (nSPS) is 12.4. The molecule has 0 saturated heterocycles. The van der Waals surface area contributed by atoms with Gasteiger partial charge in [0.1, 0.15) is 0 Å². The largest absolute Gasteiger partial charge is 0.405 e. The van der Waals surface area contributed by atoms with Crippen LogP contribution in [0, 0.1) is 0 Å². The summed E-state index contributed by atoms with van der Waals surface area (Å²) in [6.07, 6.45) is 8.32. The van der Waals surface area contributed by atoms with Crippen LogP contribution in [0.25, 0.3) is 0 Å². The van der Waals surface area contributed by atoms with Crippen LogP contribution < -0.4 is 5.73 Å². The number of hydrogen-bond acceptors (Lipinski definition) is 1. The Bertz CT molecular complexity index is 280. The molecule has 1 heteroatoms. The third-order valence-corrected chi connectivity index (χ3v) is 1.79. The van der Waals surface area contributed by atoms with E-state index in [0.29, 0.717) is 0 Å². The molecule has 2 N–H and O–H groups in total. The van der Waals surface area contributed by atoms with Crippen LogP contribution in [-0.2, 0) is 6.42 Å². The smallest absolute Gasteiger partial charge is 0.00201 e. The van der Waals surface area contributed by atoms with Gasteiger partial charge in [0, 0.05) is 0 Å². The standard InChI is InChI=1S/C7H6.C5H9N/c1-2-4-7-5-6(7)3-1;1-2-3-4-5-6/h1-4H,5H2;2-5H,6H2,1H3/b;3-2-,5-4-. The molecule has 0 fully saturated rings. The van der Waals surface area contributed by atoms with E-state index in [1.165, 1.54) is 23.7 Å². The predicted molar refractivity (Wildman–Crippen MR) is 57.4 cm³/mol. The lowest BCUT2D eigenvalue weighted by atomic mass is 10.4. The van der Waals surface area contributed by atoms with Crippen molar-refractivity contribution in [3.8, 4) is 0 Å². The summed E-state index contributed by atoms with van der Waals surface area (Å²) in [4.78, 5) is 0. The van der Waals surface area contributed by atoms with E-state index in [1.54, 1.807) is 6.08 Å². The van der Waals surface area contributed by atoms with E-state index >= 15 is 0 Å². The number of nitrogens with two attached hydrogens (primary N) is 1. The molecule has 0 spiro atoms. The van der Waals surface area contributed by atoms with E-state index in [2.05, 4.69) is 24.3 Å². The quantitative estimate of drug-likeness (QED) is 0.659. The van der Waals surface area contributed by atoms with Crippen molar-refractivity contribution < 1.29 is 0 Å². The summed E-state index contributed by atoms with van der Waals surface area (Å²) in [5.74, 6) is 0. The summed E-state index contributed by atoms with van der Waals surface area (Å²) in [5.41, 5.74) is 8.04. The van der Waals surface area contributed by atoms with Gasteiger partial charge in [0.2, 0.25) is 0 Å². The molecule has 2 rings (SSSR count). The zero-order valence-electron chi connectivity index (χ0n) is 7.90. The minimum atomic E-state index is 1.24. The number of rotatable bonds is 1. The van der Waals surface area contributed by atoms with Gasteiger partial charge in [0.25, 0.3) is 0 Å². The number of hydrogen-bond donors (Lipinski definition) is 1. The first-order valence-corrected chi connectivity index (χ1v) is 4.45. The molecular formula is C12H15N. The lowest BCUT2D eigenvalue weighted by Gasteiger charge is -1.69. The zero-order valence-corrected chi connectivity index (χ0v) is 7.90. The Balaban J connectivity index is 0.000000133. The average Bonchev–Trinajstić information content (AvgIpc) is 2.94. The Morgan fingerprint density at radius 1 is 1.15 bits per heavy atom. The minimum absolute atomic E-state index is 1.24. The van der Waals surface area contributed by atoms with E-state index in [1.807, 2.05) is 19.1 Å². The Hall–Kier alpha value is -1.50. The summed E-state index contributed by atoms with van der Waals surface area (Å²) >= 11 is 0. The zero-order chi connectivity index (χ0) is 9.52. The highest BCUT2D eigenvalue weighted by Crippen LogP contribution is 2.25. The van der Waals surface area contributed by atoms with E-state index in [0.717, 1.165) is 0 Å². The topological polar surface area (TPSA) is 26.0 Å². The van der Waals surface area contributed by atoms with Crippen LogP contribution in [0.15, 0.2) is 48.7 Å². The highest BCUT2D eigenvalue weighted by atomic mass is 14.5. The second-order valence-corrected chi connectivity index (χ2v) is 2.86. The van der Waals surface area contributed by atoms with Crippen molar-refractivity contribution in [2.24, 2.45) is 5.73 Å². The maximum Gasteiger partial charge on any atom is -0.00201 e. The number of benzene rings is 1. The van der Waals surface area contributed by atoms with Crippen LogP contribution in [0.5, 0.6) is 0 Å². The molecule has 1 aromatic rings. The molecule has 0 unspecified atom stereocenters. The van der Waals surface area contributed by atoms with Crippen molar-refractivity contribution in [2.75, 3.05) is 0 Å². The molecule has 1 nitrogen and oxygen atoms in total. The Labute approximate surface area is 79.6 Å². The fourth-order valence-corrected chi connectivity index (χ4v) is 1.01. The fraction of sp³-hybridized carbons (Fsp3) is 0.167. The molecule has 1 aliphatic carbocycles. The van der Waals surface area contributed by atoms with Crippen LogP contribution in [0.2, 0.25) is 0 Å². The molecule has 0 aromatic heterocycles. The van der Waals surface area contributed by atoms with Crippen molar-refractivity contribution >= 4 is 0 Å². The van der Waals surface area contributed by atoms with E-state index < -0.39 is 0 Å². The van der Waals surface area contributed by atoms with Gasteiger partial charge in [0.15, 0.2) is 0 Å². The summed E-state index contributed by atoms with van der Waals surface area (Å²) in [6, 6.07) is 8.53. The summed E-state index contributed by atoms with van der Waals surface area (Å²) in [5, 5.41) is 0. The van der Waals surface area contributed by atoms with Crippen LogP contribution >= 0.6 is 0 Å². The molecule has 0 saturated carbocycles. The first-order chi connectivity index (χ1) is 6.38. The highest BCUT2D eigenvalue weighted by Gasteiger charge is 2.12.